The van der Waals surface area contributed by atoms with Crippen LogP contribution in [-0.4, -0.2) is 17.8 Å². The highest BCUT2D eigenvalue weighted by molar-refractivity contribution is 4.50. The van der Waals surface area contributed by atoms with Gasteiger partial charge in [0, 0.05) is 17.7 Å². The van der Waals surface area contributed by atoms with E-state index in [-0.39, 0.29) is 6.04 Å². The molecule has 0 N–H and O–H groups in total. The van der Waals surface area contributed by atoms with Crippen LogP contribution in [0.3, 0.4) is 0 Å². The van der Waals surface area contributed by atoms with Gasteiger partial charge < -0.3 is 0 Å². The molecular formula is C6H14NO+. The van der Waals surface area contributed by atoms with Gasteiger partial charge in [-0.3, -0.25) is 0 Å². The van der Waals surface area contributed by atoms with Gasteiger partial charge >= 0.3 is 0 Å². The molecule has 0 spiro atoms. The van der Waals surface area contributed by atoms with Crippen molar-refractivity contribution in [2.24, 2.45) is 5.92 Å². The van der Waals surface area contributed by atoms with E-state index < -0.39 is 0 Å². The van der Waals surface area contributed by atoms with E-state index in [1.807, 2.05) is 20.8 Å². The number of nitrogens with zero attached hydrogens (tertiary/aromatic N) is 1. The summed E-state index contributed by atoms with van der Waals surface area (Å²) in [6, 6.07) is 0.148. The molecule has 0 saturated heterocycles. The van der Waals surface area contributed by atoms with Gasteiger partial charge in [0.25, 0.3) is 0 Å². The minimum atomic E-state index is 0.148. The third kappa shape index (κ3) is 2.05. The average molecular weight is 116 g/mol. The molecular weight excluding hydrogens is 102 g/mol. The largest absolute Gasteiger partial charge is 0.200 e. The number of hydrogen-bond acceptors (Lipinski definition) is 1. The van der Waals surface area contributed by atoms with Crippen LogP contribution in [0, 0.1) is 10.8 Å². The summed E-state index contributed by atoms with van der Waals surface area (Å²) in [6.07, 6.45) is 0. The van der Waals surface area contributed by atoms with Crippen LogP contribution in [0.4, 0.5) is 0 Å². The van der Waals surface area contributed by atoms with Gasteiger partial charge in [0.1, 0.15) is 0 Å². The van der Waals surface area contributed by atoms with Crippen LogP contribution < -0.4 is 0 Å². The molecule has 2 nitrogen and oxygen atoms in total. The van der Waals surface area contributed by atoms with Crippen LogP contribution in [0.5, 0.6) is 0 Å². The van der Waals surface area contributed by atoms with Crippen LogP contribution in [-0.2, 0) is 0 Å². The van der Waals surface area contributed by atoms with Crippen molar-refractivity contribution in [3.8, 4) is 0 Å². The van der Waals surface area contributed by atoms with Crippen molar-refractivity contribution in [1.29, 1.82) is 0 Å². The first-order valence-electron chi connectivity index (χ1n) is 2.95. The molecule has 48 valence electrons. The van der Waals surface area contributed by atoms with Crippen molar-refractivity contribution < 1.29 is 4.76 Å². The normalized spacial score (nSPS) is 14.1. The second kappa shape index (κ2) is 2.80. The second-order valence-electron chi connectivity index (χ2n) is 2.53. The zero-order chi connectivity index (χ0) is 6.73. The van der Waals surface area contributed by atoms with Crippen LogP contribution >= 0.6 is 0 Å². The molecule has 1 unspecified atom stereocenters. The molecule has 0 aliphatic rings. The van der Waals surface area contributed by atoms with Crippen molar-refractivity contribution in [2.75, 3.05) is 7.05 Å². The van der Waals surface area contributed by atoms with Crippen LogP contribution in [0.25, 0.3) is 0 Å². The van der Waals surface area contributed by atoms with E-state index in [0.29, 0.717) is 5.92 Å². The van der Waals surface area contributed by atoms with E-state index >= 15 is 0 Å². The molecule has 0 amide bonds. The highest BCUT2D eigenvalue weighted by atomic mass is 16.3. The molecule has 0 heterocycles. The van der Waals surface area contributed by atoms with E-state index in [2.05, 4.69) is 0 Å². The van der Waals surface area contributed by atoms with Gasteiger partial charge in [0.05, 0.1) is 0 Å². The molecule has 0 rings (SSSR count). The quantitative estimate of drug-likeness (QED) is 0.500. The molecule has 0 saturated carbocycles. The van der Waals surface area contributed by atoms with Crippen molar-refractivity contribution in [2.45, 2.75) is 26.8 Å². The number of nitroso groups, excluding NO2 is 1. The molecule has 0 radical (unpaired) electrons. The molecule has 0 aromatic rings. The fourth-order valence-electron chi connectivity index (χ4n) is 0.420. The summed E-state index contributed by atoms with van der Waals surface area (Å²) >= 11 is 0. The zero-order valence-corrected chi connectivity index (χ0v) is 6.01. The molecule has 0 aromatic heterocycles. The predicted octanol–water partition coefficient (Wildman–Crippen LogP) is 1.44. The summed E-state index contributed by atoms with van der Waals surface area (Å²) in [7, 11) is 1.56. The summed E-state index contributed by atoms with van der Waals surface area (Å²) in [5, 5.41) is 0. The number of hydrogen-bond donors (Lipinski definition) is 0. The molecule has 1 atom stereocenters. The van der Waals surface area contributed by atoms with Crippen LogP contribution in [0.15, 0.2) is 0 Å². The first-order chi connectivity index (χ1) is 3.55. The van der Waals surface area contributed by atoms with Crippen LogP contribution in [0.1, 0.15) is 20.8 Å². The van der Waals surface area contributed by atoms with E-state index in [1.54, 1.807) is 7.05 Å². The first kappa shape index (κ1) is 7.60. The molecule has 0 aliphatic heterocycles. The maximum Gasteiger partial charge on any atom is 0.200 e. The Morgan fingerprint density at radius 3 is 1.62 bits per heavy atom. The van der Waals surface area contributed by atoms with Crippen LogP contribution in [0.2, 0.25) is 0 Å². The zero-order valence-electron chi connectivity index (χ0n) is 6.01. The maximum absolute atomic E-state index is 10.5. The Labute approximate surface area is 50.5 Å². The SMILES string of the molecule is CC(C)C(C)[N+](C)=O. The molecule has 0 aromatic carbocycles. The summed E-state index contributed by atoms with van der Waals surface area (Å²) in [6.45, 7) is 6.01. The smallest absolute Gasteiger partial charge is 0.0563 e. The Morgan fingerprint density at radius 1 is 1.25 bits per heavy atom. The summed E-state index contributed by atoms with van der Waals surface area (Å²) in [5.41, 5.74) is 0. The lowest BCUT2D eigenvalue weighted by Gasteiger charge is -2.02. The Hall–Kier alpha value is -0.400. The monoisotopic (exact) mass is 116 g/mol. The fourth-order valence-corrected chi connectivity index (χ4v) is 0.420. The summed E-state index contributed by atoms with van der Waals surface area (Å²) in [5.74, 6) is 0.456. The fraction of sp³-hybridized carbons (Fsp3) is 1.00. The Kier molecular flexibility index (Phi) is 2.66. The van der Waals surface area contributed by atoms with Gasteiger partial charge in [-0.05, 0) is 4.76 Å². The average Bonchev–Trinajstić information content (AvgIpc) is 1.64. The standard InChI is InChI=1S/C6H14NO/c1-5(2)6(3)7(4)8/h5-6H,1-4H3/q+1. The van der Waals surface area contributed by atoms with E-state index in [0.717, 1.165) is 4.76 Å². The Morgan fingerprint density at radius 2 is 1.62 bits per heavy atom. The molecule has 0 fully saturated rings. The molecule has 8 heavy (non-hydrogen) atoms. The summed E-state index contributed by atoms with van der Waals surface area (Å²) < 4.78 is 0.991. The molecule has 2 heteroatoms. The second-order valence-corrected chi connectivity index (χ2v) is 2.53. The van der Waals surface area contributed by atoms with Crippen molar-refractivity contribution in [3.63, 3.8) is 0 Å². The van der Waals surface area contributed by atoms with Crippen molar-refractivity contribution in [1.82, 2.24) is 0 Å². The topological polar surface area (TPSA) is 20.1 Å². The minimum Gasteiger partial charge on any atom is -0.0563 e. The van der Waals surface area contributed by atoms with Crippen molar-refractivity contribution in [3.05, 3.63) is 4.91 Å². The van der Waals surface area contributed by atoms with Gasteiger partial charge in [0.2, 0.25) is 0 Å². The van der Waals surface area contributed by atoms with Gasteiger partial charge in [-0.15, -0.1) is 0 Å². The summed E-state index contributed by atoms with van der Waals surface area (Å²) in [4.78, 5) is 10.5. The van der Waals surface area contributed by atoms with E-state index in [9.17, 15) is 4.91 Å². The predicted molar refractivity (Wildman–Crippen MR) is 33.9 cm³/mol. The van der Waals surface area contributed by atoms with Gasteiger partial charge in [-0.1, -0.05) is 13.8 Å². The molecule has 0 aliphatic carbocycles. The van der Waals surface area contributed by atoms with Gasteiger partial charge in [0.15, 0.2) is 13.1 Å². The highest BCUT2D eigenvalue weighted by Crippen LogP contribution is 2.01. The lowest BCUT2D eigenvalue weighted by atomic mass is 10.1. The third-order valence-electron chi connectivity index (χ3n) is 1.54. The molecule has 0 bridgehead atoms. The lowest BCUT2D eigenvalue weighted by molar-refractivity contribution is -0.562. The highest BCUT2D eigenvalue weighted by Gasteiger charge is 2.17. The Bertz CT molecular complexity index is 88.5. The van der Waals surface area contributed by atoms with Gasteiger partial charge in [-0.25, -0.2) is 0 Å². The number of rotatable bonds is 2. The van der Waals surface area contributed by atoms with Crippen molar-refractivity contribution >= 4 is 0 Å². The minimum absolute atomic E-state index is 0.148. The Balaban J connectivity index is 3.64. The van der Waals surface area contributed by atoms with Gasteiger partial charge in [-0.2, -0.15) is 0 Å². The lowest BCUT2D eigenvalue weighted by Crippen LogP contribution is -2.22. The van der Waals surface area contributed by atoms with E-state index in [4.69, 9.17) is 0 Å². The third-order valence-corrected chi connectivity index (χ3v) is 1.54. The van der Waals surface area contributed by atoms with E-state index in [1.165, 1.54) is 0 Å². The first-order valence-corrected chi connectivity index (χ1v) is 2.95. The maximum atomic E-state index is 10.5.